The summed E-state index contributed by atoms with van der Waals surface area (Å²) in [6, 6.07) is 7.82. The Morgan fingerprint density at radius 3 is 2.09 bits per heavy atom. The smallest absolute Gasteiger partial charge is 0.480 e. The highest BCUT2D eigenvalue weighted by molar-refractivity contribution is 7.14. The topological polar surface area (TPSA) is 190 Å². The zero-order valence-corrected chi connectivity index (χ0v) is 24.2. The minimum Gasteiger partial charge on any atom is -0.480 e. The monoisotopic (exact) mass is 629 g/mol. The van der Waals surface area contributed by atoms with E-state index >= 15 is 0 Å². The van der Waals surface area contributed by atoms with Crippen molar-refractivity contribution in [1.82, 2.24) is 4.90 Å². The van der Waals surface area contributed by atoms with E-state index in [1.165, 1.54) is 11.3 Å². The van der Waals surface area contributed by atoms with Crippen molar-refractivity contribution in [2.45, 2.75) is 57.7 Å². The van der Waals surface area contributed by atoms with E-state index in [4.69, 9.17) is 31.2 Å². The first-order valence-electron chi connectivity index (χ1n) is 13.4. The lowest BCUT2D eigenvalue weighted by Crippen LogP contribution is -2.41. The van der Waals surface area contributed by atoms with Crippen molar-refractivity contribution in [2.75, 3.05) is 19.7 Å². The van der Waals surface area contributed by atoms with Crippen LogP contribution in [0.1, 0.15) is 74.7 Å². The van der Waals surface area contributed by atoms with Gasteiger partial charge in [0.2, 0.25) is 0 Å². The Labute approximate surface area is 249 Å². The molecule has 2 aliphatic rings. The van der Waals surface area contributed by atoms with Crippen molar-refractivity contribution in [3.8, 4) is 0 Å². The summed E-state index contributed by atoms with van der Waals surface area (Å²) in [5.74, 6) is -4.72. The zero-order valence-electron chi connectivity index (χ0n) is 23.4. The van der Waals surface area contributed by atoms with Crippen molar-refractivity contribution in [3.05, 3.63) is 56.8 Å². The highest BCUT2D eigenvalue weighted by Gasteiger charge is 2.38. The molecular weight excluding hydrogens is 595 g/mol. The number of carbonyl (C=O) groups excluding carboxylic acids is 3. The van der Waals surface area contributed by atoms with Crippen molar-refractivity contribution in [2.24, 2.45) is 17.4 Å². The second-order valence-electron chi connectivity index (χ2n) is 9.63. The number of hydrogen-bond donors (Lipinski definition) is 4. The number of carbonyl (C=O) groups is 5. The molecule has 1 aromatic carbocycles. The molecular formula is C28H34F3N3O8S. The number of esters is 1. The molecule has 11 nitrogen and oxygen atoms in total. The molecule has 2 heterocycles. The number of amides is 2. The van der Waals surface area contributed by atoms with E-state index in [1.807, 2.05) is 6.07 Å². The van der Waals surface area contributed by atoms with Crippen LogP contribution in [0.4, 0.5) is 13.2 Å². The van der Waals surface area contributed by atoms with Gasteiger partial charge in [0.25, 0.3) is 11.8 Å². The molecule has 0 saturated carbocycles. The summed E-state index contributed by atoms with van der Waals surface area (Å²) in [6.45, 7) is 3.18. The van der Waals surface area contributed by atoms with Crippen molar-refractivity contribution in [1.29, 1.82) is 0 Å². The summed E-state index contributed by atoms with van der Waals surface area (Å²) >= 11 is 1.38. The molecule has 1 fully saturated rings. The van der Waals surface area contributed by atoms with Gasteiger partial charge in [0.05, 0.1) is 18.1 Å². The van der Waals surface area contributed by atoms with Gasteiger partial charge in [0.1, 0.15) is 10.9 Å². The lowest BCUT2D eigenvalue weighted by Gasteiger charge is -2.31. The number of aryl methyl sites for hydroxylation is 1. The summed E-state index contributed by atoms with van der Waals surface area (Å²) in [4.78, 5) is 59.3. The maximum absolute atomic E-state index is 13.1. The molecule has 4 rings (SSSR count). The SMILES string of the molecule is CCOC(=O)C1CCN(C(=O)c2c(C(N)=O)sc3c2CCCC3)CC1.N[C@H](C(=O)O)c1ccccc1.O=C(O)C(F)(F)F. The van der Waals surface area contributed by atoms with Crippen LogP contribution in [-0.4, -0.2) is 70.7 Å². The van der Waals surface area contributed by atoms with Crippen LogP contribution in [-0.2, 0) is 32.0 Å². The average Bonchev–Trinajstić information content (AvgIpc) is 3.37. The van der Waals surface area contributed by atoms with E-state index in [0.29, 0.717) is 48.5 Å². The largest absolute Gasteiger partial charge is 0.490 e. The van der Waals surface area contributed by atoms with Gasteiger partial charge in [0.15, 0.2) is 0 Å². The number of piperidine rings is 1. The summed E-state index contributed by atoms with van der Waals surface area (Å²) in [7, 11) is 0. The Bertz CT molecular complexity index is 1290. The van der Waals surface area contributed by atoms with Crippen molar-refractivity contribution < 1.29 is 52.1 Å². The van der Waals surface area contributed by atoms with Crippen molar-refractivity contribution >= 4 is 41.1 Å². The minimum atomic E-state index is -5.08. The third kappa shape index (κ3) is 10.1. The molecule has 43 heavy (non-hydrogen) atoms. The van der Waals surface area contributed by atoms with Crippen LogP contribution in [0.5, 0.6) is 0 Å². The van der Waals surface area contributed by atoms with Gasteiger partial charge in [-0.1, -0.05) is 30.3 Å². The third-order valence-electron chi connectivity index (χ3n) is 6.68. The predicted octanol–water partition coefficient (Wildman–Crippen LogP) is 3.55. The van der Waals surface area contributed by atoms with E-state index in [1.54, 1.807) is 36.1 Å². The molecule has 1 aliphatic heterocycles. The van der Waals surface area contributed by atoms with E-state index in [0.717, 1.165) is 36.1 Å². The number of hydrogen-bond acceptors (Lipinski definition) is 8. The summed E-state index contributed by atoms with van der Waals surface area (Å²) in [6.07, 6.45) is -0.0129. The summed E-state index contributed by atoms with van der Waals surface area (Å²) in [5, 5.41) is 15.6. The Hall–Kier alpha value is -3.98. The Kier molecular flexibility index (Phi) is 13.1. The number of primary amides is 1. The van der Waals surface area contributed by atoms with Crippen LogP contribution in [0.15, 0.2) is 30.3 Å². The standard InChI is InChI=1S/C18H24N2O4S.C8H9NO2.C2HF3O2/c1-2-24-18(23)11-7-9-20(10-8-11)17(22)14-12-5-3-4-6-13(12)25-15(14)16(19)21;9-7(8(10)11)6-4-2-1-3-5-6;3-2(4,5)1(6)7/h11H,2-10H2,1H3,(H2,19,21);1-5,7H,9H2,(H,10,11);(H,6,7)/t;7-;/m.0./s1. The van der Waals surface area contributed by atoms with Crippen LogP contribution in [0.2, 0.25) is 0 Å². The molecule has 2 aromatic rings. The number of ether oxygens (including phenoxy) is 1. The van der Waals surface area contributed by atoms with Crippen LogP contribution < -0.4 is 11.5 Å². The quantitative estimate of drug-likeness (QED) is 0.346. The first-order valence-corrected chi connectivity index (χ1v) is 14.2. The number of fused-ring (bicyclic) bond motifs is 1. The number of thiophene rings is 1. The van der Waals surface area contributed by atoms with Crippen molar-refractivity contribution in [3.63, 3.8) is 0 Å². The average molecular weight is 630 g/mol. The molecule has 0 radical (unpaired) electrons. The van der Waals surface area contributed by atoms with Gasteiger partial charge >= 0.3 is 24.1 Å². The highest BCUT2D eigenvalue weighted by atomic mass is 32.1. The molecule has 236 valence electrons. The third-order valence-corrected chi connectivity index (χ3v) is 7.98. The highest BCUT2D eigenvalue weighted by Crippen LogP contribution is 2.35. The van der Waals surface area contributed by atoms with Gasteiger partial charge in [-0.15, -0.1) is 11.3 Å². The van der Waals surface area contributed by atoms with Crippen LogP contribution in [0.3, 0.4) is 0 Å². The van der Waals surface area contributed by atoms with E-state index < -0.39 is 30.1 Å². The number of carboxylic acid groups (broad SMARTS) is 2. The molecule has 2 amide bonds. The van der Waals surface area contributed by atoms with E-state index in [9.17, 15) is 32.3 Å². The van der Waals surface area contributed by atoms with Gasteiger partial charge in [-0.25, -0.2) is 4.79 Å². The second-order valence-corrected chi connectivity index (χ2v) is 10.7. The molecule has 0 bridgehead atoms. The zero-order chi connectivity index (χ0) is 32.3. The molecule has 1 aromatic heterocycles. The summed E-state index contributed by atoms with van der Waals surface area (Å²) < 4.78 is 36.8. The number of benzene rings is 1. The van der Waals surface area contributed by atoms with Gasteiger partial charge in [-0.3, -0.25) is 19.2 Å². The number of carboxylic acids is 2. The fourth-order valence-corrected chi connectivity index (χ4v) is 5.74. The number of halogens is 3. The number of nitrogens with two attached hydrogens (primary N) is 2. The van der Waals surface area contributed by atoms with E-state index in [2.05, 4.69) is 0 Å². The molecule has 6 N–H and O–H groups in total. The van der Waals surface area contributed by atoms with Gasteiger partial charge in [-0.2, -0.15) is 13.2 Å². The Morgan fingerprint density at radius 1 is 1.05 bits per heavy atom. The fraction of sp³-hybridized carbons (Fsp3) is 0.464. The number of likely N-dealkylation sites (tertiary alicyclic amines) is 1. The minimum absolute atomic E-state index is 0.115. The lowest BCUT2D eigenvalue weighted by molar-refractivity contribution is -0.192. The first kappa shape index (κ1) is 35.2. The maximum atomic E-state index is 13.1. The molecule has 0 unspecified atom stereocenters. The van der Waals surface area contributed by atoms with Gasteiger partial charge < -0.3 is 31.3 Å². The molecule has 15 heteroatoms. The van der Waals surface area contributed by atoms with Crippen LogP contribution in [0.25, 0.3) is 0 Å². The van der Waals surface area contributed by atoms with Gasteiger partial charge in [0, 0.05) is 18.0 Å². The maximum Gasteiger partial charge on any atom is 0.490 e. The van der Waals surface area contributed by atoms with E-state index in [-0.39, 0.29) is 17.8 Å². The molecule has 1 aliphatic carbocycles. The summed E-state index contributed by atoms with van der Waals surface area (Å²) in [5.41, 5.74) is 13.0. The normalized spacial score (nSPS) is 15.4. The second kappa shape index (κ2) is 16.0. The number of alkyl halides is 3. The molecule has 1 atom stereocenters. The predicted molar refractivity (Wildman–Crippen MR) is 149 cm³/mol. The Morgan fingerprint density at radius 2 is 1.60 bits per heavy atom. The number of aliphatic carboxylic acids is 2. The van der Waals surface area contributed by atoms with Crippen LogP contribution in [0, 0.1) is 5.92 Å². The number of nitrogens with zero attached hydrogens (tertiary/aromatic N) is 1. The molecule has 0 spiro atoms. The lowest BCUT2D eigenvalue weighted by atomic mass is 9.92. The fourth-order valence-electron chi connectivity index (χ4n) is 4.51. The van der Waals surface area contributed by atoms with Gasteiger partial charge in [-0.05, 0) is 56.6 Å². The first-order chi connectivity index (χ1) is 20.2. The number of rotatable bonds is 6. The Balaban J connectivity index is 0.000000295. The van der Waals surface area contributed by atoms with Crippen LogP contribution >= 0.6 is 11.3 Å². The molecule has 1 saturated heterocycles.